The second-order valence-electron chi connectivity index (χ2n) is 8.34. The maximum absolute atomic E-state index is 13.1. The van der Waals surface area contributed by atoms with E-state index in [0.29, 0.717) is 28.3 Å². The molecule has 8 nitrogen and oxygen atoms in total. The summed E-state index contributed by atoms with van der Waals surface area (Å²) in [6.45, 7) is 2.11. The van der Waals surface area contributed by atoms with Gasteiger partial charge in [0.25, 0.3) is 0 Å². The Bertz CT molecular complexity index is 1510. The first-order valence-corrected chi connectivity index (χ1v) is 13.1. The molecule has 1 fully saturated rings. The fraction of sp³-hybridized carbons (Fsp3) is 0.250. The van der Waals surface area contributed by atoms with Crippen molar-refractivity contribution in [1.82, 2.24) is 18.8 Å². The number of β-amino-alcohol motifs (C(OH)–C–C–N with tert-alkyl or cyclic N) is 1. The number of ether oxygens (including phenoxy) is 1. The summed E-state index contributed by atoms with van der Waals surface area (Å²) in [5, 5.41) is 10.9. The first kappa shape index (κ1) is 24.0. The summed E-state index contributed by atoms with van der Waals surface area (Å²) in [4.78, 5) is 8.73. The lowest BCUT2D eigenvalue weighted by Gasteiger charge is -2.19. The molecule has 3 heterocycles. The maximum atomic E-state index is 13.1. The largest absolute Gasteiger partial charge is 0.487 e. The minimum Gasteiger partial charge on any atom is -0.487 e. The normalized spacial score (nSPS) is 16.7. The minimum absolute atomic E-state index is 0.00220. The molecule has 1 aliphatic rings. The van der Waals surface area contributed by atoms with Gasteiger partial charge in [-0.1, -0.05) is 35.3 Å². The van der Waals surface area contributed by atoms with E-state index in [2.05, 4.69) is 9.97 Å². The van der Waals surface area contributed by atoms with Crippen LogP contribution in [0, 0.1) is 6.92 Å². The van der Waals surface area contributed by atoms with E-state index in [1.807, 2.05) is 35.9 Å². The molecule has 2 aromatic heterocycles. The number of aliphatic hydroxyl groups excluding tert-OH is 1. The van der Waals surface area contributed by atoms with Crippen LogP contribution in [0.3, 0.4) is 0 Å². The number of aryl methyl sites for hydroxylation is 1. The van der Waals surface area contributed by atoms with Crippen LogP contribution >= 0.6 is 23.2 Å². The first-order chi connectivity index (χ1) is 16.8. The van der Waals surface area contributed by atoms with Crippen molar-refractivity contribution in [3.05, 3.63) is 76.4 Å². The zero-order chi connectivity index (χ0) is 24.7. The van der Waals surface area contributed by atoms with Gasteiger partial charge < -0.3 is 14.4 Å². The average molecular weight is 533 g/mol. The average Bonchev–Trinajstić information content (AvgIpc) is 3.51. The van der Waals surface area contributed by atoms with Crippen LogP contribution in [0.5, 0.6) is 5.75 Å². The van der Waals surface area contributed by atoms with E-state index in [1.165, 1.54) is 16.4 Å². The van der Waals surface area contributed by atoms with Crippen LogP contribution in [0.25, 0.3) is 16.6 Å². The Hall–Kier alpha value is -2.69. The van der Waals surface area contributed by atoms with Crippen molar-refractivity contribution in [3.63, 3.8) is 0 Å². The number of halogens is 2. The molecule has 0 radical (unpaired) electrons. The minimum atomic E-state index is -3.89. The monoisotopic (exact) mass is 532 g/mol. The SMILES string of the molecule is Cc1cc(-n2ccnc2)c2cccc(OCc3c(Cl)ccc(S(=O)(=O)N4CC[C@@H](O)C4)c3Cl)c2n1. The molecule has 0 amide bonds. The molecule has 0 unspecified atom stereocenters. The molecule has 11 heteroatoms. The van der Waals surface area contributed by atoms with Crippen LogP contribution in [0.1, 0.15) is 17.7 Å². The second-order valence-corrected chi connectivity index (χ2v) is 11.0. The van der Waals surface area contributed by atoms with Crippen LogP contribution in [-0.2, 0) is 16.6 Å². The second kappa shape index (κ2) is 9.40. The Morgan fingerprint density at radius 2 is 2.06 bits per heavy atom. The van der Waals surface area contributed by atoms with Crippen molar-refractivity contribution in [3.8, 4) is 11.4 Å². The molecule has 2 aromatic carbocycles. The summed E-state index contributed by atoms with van der Waals surface area (Å²) in [6, 6.07) is 10.4. The Balaban J connectivity index is 1.50. The number of rotatable bonds is 6. The van der Waals surface area contributed by atoms with Gasteiger partial charge in [0.05, 0.1) is 23.1 Å². The summed E-state index contributed by atoms with van der Waals surface area (Å²) in [5.41, 5.74) is 2.72. The summed E-state index contributed by atoms with van der Waals surface area (Å²) in [5.74, 6) is 0.510. The van der Waals surface area contributed by atoms with E-state index in [-0.39, 0.29) is 29.6 Å². The number of imidazole rings is 1. The molecule has 1 aliphatic heterocycles. The number of para-hydroxylation sites is 1. The number of nitrogens with zero attached hydrogens (tertiary/aromatic N) is 4. The molecule has 1 atom stereocenters. The predicted octanol–water partition coefficient (Wildman–Crippen LogP) is 4.37. The van der Waals surface area contributed by atoms with Crippen molar-refractivity contribution in [2.24, 2.45) is 0 Å². The Labute approximate surface area is 212 Å². The Morgan fingerprint density at radius 1 is 1.23 bits per heavy atom. The third kappa shape index (κ3) is 4.50. The van der Waals surface area contributed by atoms with E-state index in [0.717, 1.165) is 16.8 Å². The molecule has 1 saturated heterocycles. The molecule has 0 aliphatic carbocycles. The van der Waals surface area contributed by atoms with Gasteiger partial charge in [-0.25, -0.2) is 18.4 Å². The third-order valence-electron chi connectivity index (χ3n) is 5.96. The summed E-state index contributed by atoms with van der Waals surface area (Å²) in [7, 11) is -3.89. The molecule has 4 aromatic rings. The van der Waals surface area contributed by atoms with Gasteiger partial charge in [0.15, 0.2) is 0 Å². The van der Waals surface area contributed by atoms with Gasteiger partial charge in [-0.2, -0.15) is 4.31 Å². The number of benzene rings is 2. The standard InChI is InChI=1S/C24H22Cl2N4O4S/c1-15-11-20(29-10-8-27-14-29)17-3-2-4-21(24(17)28-15)34-13-18-19(25)5-6-22(23(18)26)35(32,33)30-9-7-16(31)12-30/h2-6,8,10-11,14,16,31H,7,9,12-13H2,1H3/t16-/m1/s1. The van der Waals surface area contributed by atoms with Crippen LogP contribution in [0.15, 0.2) is 60.0 Å². The number of aliphatic hydroxyl groups is 1. The number of hydrogen-bond donors (Lipinski definition) is 1. The number of hydrogen-bond acceptors (Lipinski definition) is 6. The highest BCUT2D eigenvalue weighted by molar-refractivity contribution is 7.89. The van der Waals surface area contributed by atoms with E-state index in [1.54, 1.807) is 18.6 Å². The maximum Gasteiger partial charge on any atom is 0.244 e. The predicted molar refractivity (Wildman–Crippen MR) is 134 cm³/mol. The molecule has 0 spiro atoms. The number of pyridine rings is 1. The Morgan fingerprint density at radius 3 is 2.77 bits per heavy atom. The number of fused-ring (bicyclic) bond motifs is 1. The molecular weight excluding hydrogens is 511 g/mol. The van der Waals surface area contributed by atoms with Crippen molar-refractivity contribution < 1.29 is 18.3 Å². The lowest BCUT2D eigenvalue weighted by atomic mass is 10.1. The lowest BCUT2D eigenvalue weighted by molar-refractivity contribution is 0.189. The molecule has 5 rings (SSSR count). The zero-order valence-corrected chi connectivity index (χ0v) is 21.1. The molecule has 1 N–H and O–H groups in total. The van der Waals surface area contributed by atoms with Crippen molar-refractivity contribution in [2.45, 2.75) is 31.0 Å². The first-order valence-electron chi connectivity index (χ1n) is 10.9. The molecule has 35 heavy (non-hydrogen) atoms. The summed E-state index contributed by atoms with van der Waals surface area (Å²) >= 11 is 13.0. The number of aromatic nitrogens is 3. The Kier molecular flexibility index (Phi) is 6.45. The third-order valence-corrected chi connectivity index (χ3v) is 8.76. The van der Waals surface area contributed by atoms with Crippen LogP contribution in [0.2, 0.25) is 10.0 Å². The quantitative estimate of drug-likeness (QED) is 0.396. The summed E-state index contributed by atoms with van der Waals surface area (Å²) < 4.78 is 35.5. The highest BCUT2D eigenvalue weighted by Crippen LogP contribution is 2.36. The number of sulfonamides is 1. The fourth-order valence-electron chi connectivity index (χ4n) is 4.19. The van der Waals surface area contributed by atoms with E-state index < -0.39 is 16.1 Å². The van der Waals surface area contributed by atoms with Gasteiger partial charge in [0.2, 0.25) is 10.0 Å². The van der Waals surface area contributed by atoms with Gasteiger partial charge in [-0.05, 0) is 37.6 Å². The van der Waals surface area contributed by atoms with Gasteiger partial charge in [-0.3, -0.25) is 0 Å². The highest BCUT2D eigenvalue weighted by Gasteiger charge is 2.34. The van der Waals surface area contributed by atoms with Crippen molar-refractivity contribution in [2.75, 3.05) is 13.1 Å². The van der Waals surface area contributed by atoms with Gasteiger partial charge in [0.1, 0.15) is 22.8 Å². The fourth-order valence-corrected chi connectivity index (χ4v) is 6.54. The smallest absolute Gasteiger partial charge is 0.244 e. The molecule has 182 valence electrons. The van der Waals surface area contributed by atoms with Crippen molar-refractivity contribution in [1.29, 1.82) is 0 Å². The van der Waals surface area contributed by atoms with E-state index in [4.69, 9.17) is 27.9 Å². The van der Waals surface area contributed by atoms with E-state index in [9.17, 15) is 13.5 Å². The zero-order valence-electron chi connectivity index (χ0n) is 18.7. The molecular formula is C24H22Cl2N4O4S. The van der Waals surface area contributed by atoms with Crippen molar-refractivity contribution >= 4 is 44.1 Å². The van der Waals surface area contributed by atoms with Gasteiger partial charge in [0, 0.05) is 47.1 Å². The summed E-state index contributed by atoms with van der Waals surface area (Å²) in [6.07, 6.45) is 4.97. The van der Waals surface area contributed by atoms with Crippen LogP contribution < -0.4 is 4.74 Å². The van der Waals surface area contributed by atoms with Crippen LogP contribution in [-0.4, -0.2) is 51.6 Å². The van der Waals surface area contributed by atoms with E-state index >= 15 is 0 Å². The van der Waals surface area contributed by atoms with Crippen LogP contribution in [0.4, 0.5) is 0 Å². The van der Waals surface area contributed by atoms with Gasteiger partial charge in [-0.15, -0.1) is 0 Å². The topological polar surface area (TPSA) is 97.6 Å². The lowest BCUT2D eigenvalue weighted by Crippen LogP contribution is -2.30. The van der Waals surface area contributed by atoms with Gasteiger partial charge >= 0.3 is 0 Å². The molecule has 0 saturated carbocycles. The highest BCUT2D eigenvalue weighted by atomic mass is 35.5. The molecule has 0 bridgehead atoms.